The molecule has 0 unspecified atom stereocenters. The Morgan fingerprint density at radius 3 is 2.55 bits per heavy atom. The SMILES string of the molecule is Clc1cc2ccccc2[nH]1.NC(=O)CC1CCC(F)(F)CC1. The van der Waals surface area contributed by atoms with Crippen LogP contribution in [-0.2, 0) is 4.79 Å². The molecule has 1 aliphatic carbocycles. The topological polar surface area (TPSA) is 58.9 Å². The summed E-state index contributed by atoms with van der Waals surface area (Å²) in [6, 6.07) is 9.91. The van der Waals surface area contributed by atoms with E-state index < -0.39 is 5.92 Å². The van der Waals surface area contributed by atoms with Crippen LogP contribution < -0.4 is 5.73 Å². The van der Waals surface area contributed by atoms with Crippen molar-refractivity contribution in [2.24, 2.45) is 11.7 Å². The van der Waals surface area contributed by atoms with Crippen molar-refractivity contribution in [3.8, 4) is 0 Å². The first-order chi connectivity index (χ1) is 10.4. The van der Waals surface area contributed by atoms with Gasteiger partial charge in [0.2, 0.25) is 11.8 Å². The first-order valence-electron chi connectivity index (χ1n) is 7.25. The number of aromatic nitrogens is 1. The van der Waals surface area contributed by atoms with Gasteiger partial charge in [0.1, 0.15) is 5.15 Å². The first-order valence-corrected chi connectivity index (χ1v) is 7.63. The van der Waals surface area contributed by atoms with E-state index in [4.69, 9.17) is 17.3 Å². The predicted octanol–water partition coefficient (Wildman–Crippen LogP) is 4.51. The number of carbonyl (C=O) groups is 1. The molecule has 120 valence electrons. The second-order valence-electron chi connectivity index (χ2n) is 5.67. The highest BCUT2D eigenvalue weighted by Crippen LogP contribution is 2.37. The summed E-state index contributed by atoms with van der Waals surface area (Å²) in [6.45, 7) is 0. The Labute approximate surface area is 132 Å². The summed E-state index contributed by atoms with van der Waals surface area (Å²) in [7, 11) is 0. The standard InChI is InChI=1S/C8H6ClN.C8H13F2NO/c9-8-5-6-3-1-2-4-7(6)10-8;9-8(10)3-1-6(2-4-8)5-7(11)12/h1-5,10H;6H,1-5H2,(H2,11,12). The number of fused-ring (bicyclic) bond motifs is 1. The van der Waals surface area contributed by atoms with E-state index in [1.54, 1.807) is 0 Å². The normalized spacial score (nSPS) is 17.8. The maximum absolute atomic E-state index is 12.6. The van der Waals surface area contributed by atoms with Crippen molar-refractivity contribution < 1.29 is 13.6 Å². The van der Waals surface area contributed by atoms with Crippen molar-refractivity contribution >= 4 is 28.4 Å². The van der Waals surface area contributed by atoms with Crippen molar-refractivity contribution in [2.75, 3.05) is 0 Å². The summed E-state index contributed by atoms with van der Waals surface area (Å²) in [5.74, 6) is -2.80. The van der Waals surface area contributed by atoms with Crippen molar-refractivity contribution in [3.63, 3.8) is 0 Å². The van der Waals surface area contributed by atoms with Crippen LogP contribution in [0, 0.1) is 5.92 Å². The molecule has 1 heterocycles. The van der Waals surface area contributed by atoms with Crippen molar-refractivity contribution in [1.82, 2.24) is 4.98 Å². The number of amides is 1. The van der Waals surface area contributed by atoms with E-state index >= 15 is 0 Å². The monoisotopic (exact) mass is 328 g/mol. The van der Waals surface area contributed by atoms with Crippen molar-refractivity contribution in [3.05, 3.63) is 35.5 Å². The molecule has 0 spiro atoms. The summed E-state index contributed by atoms with van der Waals surface area (Å²) >= 11 is 5.73. The number of alkyl halides is 2. The molecule has 3 N–H and O–H groups in total. The zero-order valence-corrected chi connectivity index (χ0v) is 12.9. The average Bonchev–Trinajstić information content (AvgIpc) is 2.81. The number of para-hydroxylation sites is 1. The summed E-state index contributed by atoms with van der Waals surface area (Å²) in [5, 5.41) is 1.86. The molecule has 0 atom stereocenters. The molecule has 1 fully saturated rings. The number of nitrogens with one attached hydrogen (secondary N) is 1. The second kappa shape index (κ2) is 7.09. The van der Waals surface area contributed by atoms with E-state index in [-0.39, 0.29) is 31.1 Å². The lowest BCUT2D eigenvalue weighted by molar-refractivity contribution is -0.120. The molecule has 22 heavy (non-hydrogen) atoms. The van der Waals surface area contributed by atoms with Crippen LogP contribution in [-0.4, -0.2) is 16.8 Å². The largest absolute Gasteiger partial charge is 0.370 e. The maximum atomic E-state index is 12.6. The van der Waals surface area contributed by atoms with Gasteiger partial charge in [-0.05, 0) is 30.9 Å². The molecule has 1 aliphatic rings. The van der Waals surface area contributed by atoms with Gasteiger partial charge in [-0.3, -0.25) is 4.79 Å². The minimum atomic E-state index is -2.51. The molecule has 2 aromatic rings. The first kappa shape index (κ1) is 16.7. The predicted molar refractivity (Wildman–Crippen MR) is 84.0 cm³/mol. The molecule has 3 nitrogen and oxygen atoms in total. The third-order valence-electron chi connectivity index (χ3n) is 3.82. The number of benzene rings is 1. The lowest BCUT2D eigenvalue weighted by Gasteiger charge is -2.27. The van der Waals surface area contributed by atoms with Gasteiger partial charge in [-0.2, -0.15) is 0 Å². The van der Waals surface area contributed by atoms with Gasteiger partial charge >= 0.3 is 0 Å². The lowest BCUT2D eigenvalue weighted by Crippen LogP contribution is -2.27. The maximum Gasteiger partial charge on any atom is 0.248 e. The summed E-state index contributed by atoms with van der Waals surface area (Å²) < 4.78 is 25.2. The van der Waals surface area contributed by atoms with Crippen LogP contribution in [0.15, 0.2) is 30.3 Å². The number of hydrogen-bond donors (Lipinski definition) is 2. The Morgan fingerprint density at radius 2 is 1.95 bits per heavy atom. The van der Waals surface area contributed by atoms with Crippen LogP contribution in [0.4, 0.5) is 8.78 Å². The molecule has 1 saturated carbocycles. The van der Waals surface area contributed by atoms with Crippen LogP contribution in [0.2, 0.25) is 5.15 Å². The van der Waals surface area contributed by atoms with E-state index in [1.165, 1.54) is 0 Å². The van der Waals surface area contributed by atoms with Gasteiger partial charge in [0.05, 0.1) is 0 Å². The van der Waals surface area contributed by atoms with Crippen LogP contribution in [0.1, 0.15) is 32.1 Å². The number of nitrogens with two attached hydrogens (primary N) is 1. The van der Waals surface area contributed by atoms with Gasteiger partial charge in [-0.25, -0.2) is 8.78 Å². The highest BCUT2D eigenvalue weighted by atomic mass is 35.5. The van der Waals surface area contributed by atoms with E-state index in [1.807, 2.05) is 30.3 Å². The minimum absolute atomic E-state index is 0.0853. The van der Waals surface area contributed by atoms with Gasteiger partial charge in [-0.15, -0.1) is 0 Å². The van der Waals surface area contributed by atoms with Gasteiger partial charge in [0.15, 0.2) is 0 Å². The molecule has 0 aliphatic heterocycles. The summed E-state index contributed by atoms with van der Waals surface area (Å²) in [4.78, 5) is 13.5. The van der Waals surface area contributed by atoms with Gasteiger partial charge in [-0.1, -0.05) is 29.8 Å². The van der Waals surface area contributed by atoms with E-state index in [0.29, 0.717) is 18.0 Å². The quantitative estimate of drug-likeness (QED) is 0.837. The molecule has 0 radical (unpaired) electrons. The fourth-order valence-electron chi connectivity index (χ4n) is 2.63. The number of halogens is 3. The van der Waals surface area contributed by atoms with Crippen LogP contribution in [0.3, 0.4) is 0 Å². The Hall–Kier alpha value is -1.62. The molecule has 1 amide bonds. The Kier molecular flexibility index (Phi) is 5.40. The molecular weight excluding hydrogens is 310 g/mol. The third-order valence-corrected chi connectivity index (χ3v) is 4.03. The molecule has 0 bridgehead atoms. The number of H-pyrrole nitrogens is 1. The minimum Gasteiger partial charge on any atom is -0.370 e. The Balaban J connectivity index is 0.000000162. The van der Waals surface area contributed by atoms with Gasteiger partial charge in [0.25, 0.3) is 0 Å². The second-order valence-corrected chi connectivity index (χ2v) is 6.08. The number of hydrogen-bond acceptors (Lipinski definition) is 1. The summed E-state index contributed by atoms with van der Waals surface area (Å²) in [5.41, 5.74) is 6.05. The molecular formula is C16H19ClF2N2O. The third kappa shape index (κ3) is 4.98. The summed E-state index contributed by atoms with van der Waals surface area (Å²) in [6.07, 6.45) is 0.928. The fourth-order valence-corrected chi connectivity index (χ4v) is 2.85. The molecule has 0 saturated heterocycles. The van der Waals surface area contributed by atoms with Crippen LogP contribution >= 0.6 is 11.6 Å². The Morgan fingerprint density at radius 1 is 1.32 bits per heavy atom. The van der Waals surface area contributed by atoms with E-state index in [9.17, 15) is 13.6 Å². The zero-order valence-electron chi connectivity index (χ0n) is 12.1. The van der Waals surface area contributed by atoms with Gasteiger partial charge in [0, 0.05) is 30.2 Å². The number of carbonyl (C=O) groups excluding carboxylic acids is 1. The molecule has 3 rings (SSSR count). The lowest BCUT2D eigenvalue weighted by atomic mass is 9.85. The van der Waals surface area contributed by atoms with Crippen LogP contribution in [0.5, 0.6) is 0 Å². The highest BCUT2D eigenvalue weighted by Gasteiger charge is 2.35. The molecule has 1 aromatic carbocycles. The number of rotatable bonds is 2. The van der Waals surface area contributed by atoms with E-state index in [2.05, 4.69) is 4.98 Å². The molecule has 6 heteroatoms. The van der Waals surface area contributed by atoms with Crippen molar-refractivity contribution in [2.45, 2.75) is 38.0 Å². The smallest absolute Gasteiger partial charge is 0.248 e. The van der Waals surface area contributed by atoms with Crippen LogP contribution in [0.25, 0.3) is 10.9 Å². The van der Waals surface area contributed by atoms with Gasteiger partial charge < -0.3 is 10.7 Å². The number of primary amides is 1. The zero-order chi connectivity index (χ0) is 16.2. The molecule has 1 aromatic heterocycles. The fraction of sp³-hybridized carbons (Fsp3) is 0.438. The number of aromatic amines is 1. The van der Waals surface area contributed by atoms with E-state index in [0.717, 1.165) is 10.9 Å². The highest BCUT2D eigenvalue weighted by molar-refractivity contribution is 6.30. The average molecular weight is 329 g/mol. The van der Waals surface area contributed by atoms with Crippen molar-refractivity contribution in [1.29, 1.82) is 0 Å². The Bertz CT molecular complexity index is 599.